The number of carbonyl (C=O) groups is 1. The monoisotopic (exact) mass is 506 g/mol. The second-order valence-corrected chi connectivity index (χ2v) is 9.64. The van der Waals surface area contributed by atoms with Gasteiger partial charge in [0.15, 0.2) is 0 Å². The van der Waals surface area contributed by atoms with E-state index in [2.05, 4.69) is 16.9 Å². The zero-order valence-corrected chi connectivity index (χ0v) is 21.8. The lowest BCUT2D eigenvalue weighted by atomic mass is 9.93. The Morgan fingerprint density at radius 2 is 2.03 bits per heavy atom. The van der Waals surface area contributed by atoms with Gasteiger partial charge in [0, 0.05) is 41.5 Å². The average molecular weight is 507 g/mol. The Balaban J connectivity index is 1.66. The van der Waals surface area contributed by atoms with Gasteiger partial charge in [-0.25, -0.2) is 0 Å². The van der Waals surface area contributed by atoms with E-state index in [1.54, 1.807) is 6.07 Å². The molecule has 0 aliphatic heterocycles. The molecular weight excluding hydrogens is 472 g/mol. The van der Waals surface area contributed by atoms with E-state index in [4.69, 9.17) is 21.3 Å². The van der Waals surface area contributed by atoms with Gasteiger partial charge in [0.1, 0.15) is 11.9 Å². The number of nitrogens with zero attached hydrogens (tertiary/aromatic N) is 3. The largest absolute Gasteiger partial charge is 0.400 e. The fourth-order valence-corrected chi connectivity index (χ4v) is 5.14. The van der Waals surface area contributed by atoms with Crippen LogP contribution in [0.25, 0.3) is 10.9 Å². The number of rotatable bonds is 9. The third-order valence-corrected chi connectivity index (χ3v) is 7.32. The number of hydrogen-bond acceptors (Lipinski definition) is 6. The first-order chi connectivity index (χ1) is 17.4. The van der Waals surface area contributed by atoms with E-state index in [9.17, 15) is 4.79 Å². The summed E-state index contributed by atoms with van der Waals surface area (Å²) in [5.41, 5.74) is 17.5. The maximum atomic E-state index is 11.9. The third-order valence-electron chi connectivity index (χ3n) is 6.36. The molecule has 36 heavy (non-hydrogen) atoms. The Morgan fingerprint density at radius 3 is 2.75 bits per heavy atom. The van der Waals surface area contributed by atoms with Crippen LogP contribution in [0.1, 0.15) is 47.8 Å². The standard InChI is InChI=1S/C27H34N6O2S/c1-4-32(3)35-24-15-9-13-21(25(24)28)27(30-17-19-10-6-5-7-11-19)31-36-33-18(2)16-22-20(26(29)34)12-8-14-23(22)33/h5-8,10-12,14,16,24H,4,9,13,15,17,28H2,1-3H3,(H2,29,34)(H,30,31). The van der Waals surface area contributed by atoms with E-state index in [1.165, 1.54) is 12.1 Å². The number of fused-ring (bicyclic) bond motifs is 1. The van der Waals surface area contributed by atoms with Crippen molar-refractivity contribution in [2.45, 2.75) is 45.8 Å². The molecule has 190 valence electrons. The molecule has 1 heterocycles. The first-order valence-electron chi connectivity index (χ1n) is 12.2. The van der Waals surface area contributed by atoms with Gasteiger partial charge in [-0.3, -0.25) is 23.3 Å². The predicted octanol–water partition coefficient (Wildman–Crippen LogP) is 4.30. The van der Waals surface area contributed by atoms with Crippen LogP contribution >= 0.6 is 12.1 Å². The van der Waals surface area contributed by atoms with E-state index in [1.807, 2.05) is 66.3 Å². The van der Waals surface area contributed by atoms with Crippen LogP contribution in [0.4, 0.5) is 0 Å². The van der Waals surface area contributed by atoms with Gasteiger partial charge in [-0.15, -0.1) is 0 Å². The Labute approximate surface area is 216 Å². The lowest BCUT2D eigenvalue weighted by molar-refractivity contribution is -0.170. The quantitative estimate of drug-likeness (QED) is 0.173. The zero-order chi connectivity index (χ0) is 25.7. The van der Waals surface area contributed by atoms with Crippen LogP contribution in [0.3, 0.4) is 0 Å². The van der Waals surface area contributed by atoms with Crippen LogP contribution in [0.5, 0.6) is 0 Å². The second-order valence-electron chi connectivity index (χ2n) is 8.89. The van der Waals surface area contributed by atoms with Gasteiger partial charge in [-0.05, 0) is 49.9 Å². The van der Waals surface area contributed by atoms with Crippen molar-refractivity contribution in [1.82, 2.24) is 13.8 Å². The van der Waals surface area contributed by atoms with Gasteiger partial charge < -0.3 is 11.5 Å². The molecule has 8 nitrogen and oxygen atoms in total. The number of hydrogen-bond donors (Lipinski definition) is 3. The lowest BCUT2D eigenvalue weighted by Crippen LogP contribution is -2.36. The smallest absolute Gasteiger partial charge is 0.249 e. The number of aromatic nitrogens is 1. The Kier molecular flexibility index (Phi) is 8.35. The van der Waals surface area contributed by atoms with Gasteiger partial charge in [0.05, 0.1) is 24.2 Å². The van der Waals surface area contributed by atoms with E-state index >= 15 is 0 Å². The fourth-order valence-electron chi connectivity index (χ4n) is 4.32. The van der Waals surface area contributed by atoms with Crippen molar-refractivity contribution < 1.29 is 9.63 Å². The number of hydroxylamine groups is 2. The normalized spacial score (nSPS) is 16.7. The molecule has 2 aromatic carbocycles. The summed E-state index contributed by atoms with van der Waals surface area (Å²) < 4.78 is 5.51. The molecule has 5 N–H and O–H groups in total. The molecule has 0 fully saturated rings. The number of carbonyl (C=O) groups excluding carboxylic acids is 1. The van der Waals surface area contributed by atoms with Crippen LogP contribution in [-0.4, -0.2) is 40.5 Å². The highest BCUT2D eigenvalue weighted by atomic mass is 32.2. The zero-order valence-electron chi connectivity index (χ0n) is 21.0. The number of aryl methyl sites for hydroxylation is 1. The van der Waals surface area contributed by atoms with E-state index in [-0.39, 0.29) is 6.10 Å². The van der Waals surface area contributed by atoms with E-state index in [0.717, 1.165) is 59.4 Å². The molecule has 4 rings (SSSR count). The molecule has 3 aromatic rings. The minimum absolute atomic E-state index is 0.181. The van der Waals surface area contributed by atoms with Gasteiger partial charge in [0.2, 0.25) is 5.91 Å². The van der Waals surface area contributed by atoms with Crippen LogP contribution in [-0.2, 0) is 11.4 Å². The highest BCUT2D eigenvalue weighted by molar-refractivity contribution is 7.96. The highest BCUT2D eigenvalue weighted by Crippen LogP contribution is 2.29. The van der Waals surface area contributed by atoms with Crippen molar-refractivity contribution in [1.29, 1.82) is 0 Å². The number of amides is 1. The topological polar surface area (TPSA) is 111 Å². The molecule has 1 unspecified atom stereocenters. The van der Waals surface area contributed by atoms with Crippen molar-refractivity contribution in [3.63, 3.8) is 0 Å². The van der Waals surface area contributed by atoms with Gasteiger partial charge in [-0.2, -0.15) is 5.06 Å². The number of amidine groups is 1. The summed E-state index contributed by atoms with van der Waals surface area (Å²) in [6.45, 7) is 5.34. The maximum Gasteiger partial charge on any atom is 0.249 e. The van der Waals surface area contributed by atoms with Crippen LogP contribution in [0.2, 0.25) is 0 Å². The maximum absolute atomic E-state index is 11.9. The van der Waals surface area contributed by atoms with Crippen molar-refractivity contribution >= 4 is 34.8 Å². The van der Waals surface area contributed by atoms with Crippen LogP contribution in [0.15, 0.2) is 70.9 Å². The Morgan fingerprint density at radius 1 is 1.25 bits per heavy atom. The molecule has 1 amide bonds. The molecule has 0 bridgehead atoms. The third kappa shape index (κ3) is 5.75. The summed E-state index contributed by atoms with van der Waals surface area (Å²) in [5.74, 6) is 0.296. The number of nitrogens with two attached hydrogens (primary N) is 2. The SMILES string of the molecule is CCN(C)OC1CCCC(C(=NCc2ccccc2)NSn2c(C)cc3c(C(N)=O)cccc32)=C1N. The predicted molar refractivity (Wildman–Crippen MR) is 147 cm³/mol. The van der Waals surface area contributed by atoms with Gasteiger partial charge in [0.25, 0.3) is 0 Å². The molecule has 0 spiro atoms. The summed E-state index contributed by atoms with van der Waals surface area (Å²) in [7, 11) is 1.92. The van der Waals surface area contributed by atoms with Crippen molar-refractivity contribution in [2.75, 3.05) is 13.6 Å². The van der Waals surface area contributed by atoms with Gasteiger partial charge >= 0.3 is 0 Å². The lowest BCUT2D eigenvalue weighted by Gasteiger charge is -2.29. The summed E-state index contributed by atoms with van der Waals surface area (Å²) in [4.78, 5) is 22.9. The Hall–Kier alpha value is -3.27. The van der Waals surface area contributed by atoms with Crippen molar-refractivity contribution in [3.05, 3.63) is 82.7 Å². The summed E-state index contributed by atoms with van der Waals surface area (Å²) >= 11 is 1.40. The second kappa shape index (κ2) is 11.6. The Bertz CT molecular complexity index is 1280. The number of nitrogens with one attached hydrogen (secondary N) is 1. The molecule has 0 saturated heterocycles. The molecule has 0 radical (unpaired) electrons. The van der Waals surface area contributed by atoms with Crippen LogP contribution in [0, 0.1) is 6.92 Å². The molecule has 1 aromatic heterocycles. The number of primary amides is 1. The minimum atomic E-state index is -0.441. The molecule has 1 aliphatic rings. The molecule has 9 heteroatoms. The van der Waals surface area contributed by atoms with Crippen molar-refractivity contribution in [2.24, 2.45) is 16.5 Å². The number of benzene rings is 2. The first-order valence-corrected chi connectivity index (χ1v) is 13.0. The summed E-state index contributed by atoms with van der Waals surface area (Å²) in [6.07, 6.45) is 2.47. The van der Waals surface area contributed by atoms with Crippen molar-refractivity contribution in [3.8, 4) is 0 Å². The number of aliphatic imine (C=N–C) groups is 1. The summed E-state index contributed by atoms with van der Waals surface area (Å²) in [6, 6.07) is 17.7. The van der Waals surface area contributed by atoms with E-state index < -0.39 is 5.91 Å². The average Bonchev–Trinajstić information content (AvgIpc) is 3.21. The molecule has 1 atom stereocenters. The molecule has 1 aliphatic carbocycles. The summed E-state index contributed by atoms with van der Waals surface area (Å²) in [5, 5.41) is 2.64. The minimum Gasteiger partial charge on any atom is -0.400 e. The molecule has 0 saturated carbocycles. The van der Waals surface area contributed by atoms with E-state index in [0.29, 0.717) is 17.8 Å². The van der Waals surface area contributed by atoms with Crippen LogP contribution < -0.4 is 16.2 Å². The first kappa shape index (κ1) is 25.8. The van der Waals surface area contributed by atoms with Gasteiger partial charge in [-0.1, -0.05) is 43.3 Å². The highest BCUT2D eigenvalue weighted by Gasteiger charge is 2.26. The molecular formula is C27H34N6O2S. The fraction of sp³-hybridized carbons (Fsp3) is 0.333.